The first-order chi connectivity index (χ1) is 13.5. The van der Waals surface area contributed by atoms with Crippen molar-refractivity contribution >= 4 is 16.1 Å². The summed E-state index contributed by atoms with van der Waals surface area (Å²) in [5.74, 6) is 0.384. The molecule has 0 radical (unpaired) electrons. The summed E-state index contributed by atoms with van der Waals surface area (Å²) in [5, 5.41) is 1.36. The molecule has 0 N–H and O–H groups in total. The van der Waals surface area contributed by atoms with Crippen LogP contribution in [0.15, 0.2) is 66.1 Å². The Kier molecular flexibility index (Phi) is 7.43. The maximum Gasteiger partial charge on any atom is 0.236 e. The molecule has 0 amide bonds. The summed E-state index contributed by atoms with van der Waals surface area (Å²) in [7, 11) is -1.36. The zero-order valence-corrected chi connectivity index (χ0v) is 17.4. The number of sulfonamides is 1. The summed E-state index contributed by atoms with van der Waals surface area (Å²) in [6, 6.07) is 19.7. The van der Waals surface area contributed by atoms with Gasteiger partial charge >= 0.3 is 0 Å². The normalized spacial score (nSPS) is 18.7. The smallest absolute Gasteiger partial charge is 0.236 e. The van der Waals surface area contributed by atoms with E-state index >= 15 is 0 Å². The Morgan fingerprint density at radius 2 is 1.75 bits per heavy atom. The van der Waals surface area contributed by atoms with Crippen LogP contribution in [0.4, 0.5) is 0 Å². The van der Waals surface area contributed by atoms with Gasteiger partial charge in [0.15, 0.2) is 0 Å². The van der Waals surface area contributed by atoms with Gasteiger partial charge in [-0.15, -0.1) is 0 Å². The first kappa shape index (κ1) is 20.8. The number of likely N-dealkylation sites (tertiary alicyclic amines) is 1. The molecule has 1 fully saturated rings. The molecule has 0 spiro atoms. The van der Waals surface area contributed by atoms with Crippen molar-refractivity contribution in [3.05, 3.63) is 77.2 Å². The summed E-state index contributed by atoms with van der Waals surface area (Å²) >= 11 is 0. The maximum absolute atomic E-state index is 13.1. The highest BCUT2D eigenvalue weighted by molar-refractivity contribution is 7.92. The van der Waals surface area contributed by atoms with Gasteiger partial charge in [0, 0.05) is 25.0 Å². The molecule has 1 atom stereocenters. The number of benzene rings is 2. The number of nitrogens with zero attached hydrogens (tertiary/aromatic N) is 2. The number of hydrogen-bond acceptors (Lipinski definition) is 3. The van der Waals surface area contributed by atoms with E-state index in [4.69, 9.17) is 0 Å². The number of piperidine rings is 1. The molecule has 1 aliphatic heterocycles. The Hall–Kier alpha value is -1.95. The first-order valence-corrected chi connectivity index (χ1v) is 11.5. The van der Waals surface area contributed by atoms with E-state index in [0.29, 0.717) is 19.0 Å². The van der Waals surface area contributed by atoms with Crippen LogP contribution in [0.25, 0.3) is 6.08 Å². The Balaban J connectivity index is 1.74. The van der Waals surface area contributed by atoms with Gasteiger partial charge in [0.05, 0.1) is 0 Å². The van der Waals surface area contributed by atoms with Crippen molar-refractivity contribution in [2.45, 2.75) is 19.3 Å². The summed E-state index contributed by atoms with van der Waals surface area (Å²) in [6.07, 6.45) is 4.64. The summed E-state index contributed by atoms with van der Waals surface area (Å²) in [4.78, 5) is 2.30. The lowest BCUT2D eigenvalue weighted by Gasteiger charge is -2.33. The molecular formula is C23H30N2O2S. The van der Waals surface area contributed by atoms with E-state index in [1.165, 1.54) is 5.41 Å². The molecule has 1 aliphatic rings. The van der Waals surface area contributed by atoms with Crippen LogP contribution in [-0.4, -0.2) is 50.8 Å². The largest absolute Gasteiger partial charge is 0.306 e. The van der Waals surface area contributed by atoms with Crippen LogP contribution in [0.2, 0.25) is 0 Å². The summed E-state index contributed by atoms with van der Waals surface area (Å²) in [5.41, 5.74) is 2.06. The highest BCUT2D eigenvalue weighted by atomic mass is 32.2. The molecule has 0 aliphatic carbocycles. The van der Waals surface area contributed by atoms with Gasteiger partial charge in [-0.1, -0.05) is 60.7 Å². The molecule has 1 unspecified atom stereocenters. The van der Waals surface area contributed by atoms with E-state index in [2.05, 4.69) is 24.1 Å². The van der Waals surface area contributed by atoms with Crippen molar-refractivity contribution in [1.82, 2.24) is 9.21 Å². The molecule has 4 nitrogen and oxygen atoms in total. The second-order valence-electron chi connectivity index (χ2n) is 7.62. The lowest BCUT2D eigenvalue weighted by Crippen LogP contribution is -2.41. The molecule has 1 heterocycles. The van der Waals surface area contributed by atoms with E-state index in [9.17, 15) is 8.42 Å². The highest BCUT2D eigenvalue weighted by Gasteiger charge is 2.25. The fourth-order valence-corrected chi connectivity index (χ4v) is 5.01. The molecule has 2 aromatic carbocycles. The van der Waals surface area contributed by atoms with Crippen LogP contribution in [-0.2, 0) is 16.4 Å². The van der Waals surface area contributed by atoms with E-state index in [0.717, 1.165) is 43.5 Å². The van der Waals surface area contributed by atoms with Gasteiger partial charge in [-0.2, -0.15) is 4.31 Å². The minimum atomic E-state index is -3.47. The van der Waals surface area contributed by atoms with Crippen LogP contribution in [0.1, 0.15) is 24.0 Å². The Labute approximate surface area is 169 Å². The molecule has 3 rings (SSSR count). The number of rotatable bonds is 8. The van der Waals surface area contributed by atoms with Crippen molar-refractivity contribution in [2.24, 2.45) is 5.92 Å². The second kappa shape index (κ2) is 10.0. The average Bonchev–Trinajstić information content (AvgIpc) is 2.71. The van der Waals surface area contributed by atoms with Crippen LogP contribution >= 0.6 is 0 Å². The Morgan fingerprint density at radius 1 is 1.07 bits per heavy atom. The lowest BCUT2D eigenvalue weighted by atomic mass is 9.98. The summed E-state index contributed by atoms with van der Waals surface area (Å²) in [6.45, 7) is 3.14. The average molecular weight is 399 g/mol. The molecule has 0 aromatic heterocycles. The van der Waals surface area contributed by atoms with Gasteiger partial charge in [0.2, 0.25) is 10.0 Å². The zero-order chi connectivity index (χ0) is 19.8. The molecule has 150 valence electrons. The minimum absolute atomic E-state index is 0.384. The first-order valence-electron chi connectivity index (χ1n) is 9.99. The Bertz CT molecular complexity index is 851. The SMILES string of the molecule is CN1CCCC(CN(CCc2ccccc2)S(=O)(=O)C=Cc2ccccc2)C1. The molecule has 0 bridgehead atoms. The predicted molar refractivity (Wildman–Crippen MR) is 116 cm³/mol. The summed E-state index contributed by atoms with van der Waals surface area (Å²) < 4.78 is 27.9. The molecule has 2 aromatic rings. The minimum Gasteiger partial charge on any atom is -0.306 e. The molecule has 1 saturated heterocycles. The van der Waals surface area contributed by atoms with Gasteiger partial charge in [-0.25, -0.2) is 8.42 Å². The molecule has 28 heavy (non-hydrogen) atoms. The van der Waals surface area contributed by atoms with Crippen molar-refractivity contribution in [2.75, 3.05) is 33.2 Å². The van der Waals surface area contributed by atoms with Gasteiger partial charge in [0.25, 0.3) is 0 Å². The van der Waals surface area contributed by atoms with Crippen LogP contribution in [0, 0.1) is 5.92 Å². The standard InChI is InChI=1S/C23H30N2O2S/c1-24-16-8-13-23(19-24)20-25(17-14-21-9-4-2-5-10-21)28(26,27)18-15-22-11-6-3-7-12-22/h2-7,9-12,15,18,23H,8,13-14,16-17,19-20H2,1H3. The van der Waals surface area contributed by atoms with Crippen molar-refractivity contribution in [3.8, 4) is 0 Å². The zero-order valence-electron chi connectivity index (χ0n) is 16.6. The quantitative estimate of drug-likeness (QED) is 0.678. The van der Waals surface area contributed by atoms with E-state index in [-0.39, 0.29) is 0 Å². The highest BCUT2D eigenvalue weighted by Crippen LogP contribution is 2.19. The number of hydrogen-bond donors (Lipinski definition) is 0. The van der Waals surface area contributed by atoms with Crippen LogP contribution < -0.4 is 0 Å². The van der Waals surface area contributed by atoms with Crippen molar-refractivity contribution in [3.63, 3.8) is 0 Å². The third-order valence-electron chi connectivity index (χ3n) is 5.27. The Morgan fingerprint density at radius 3 is 2.43 bits per heavy atom. The van der Waals surface area contributed by atoms with E-state index in [1.807, 2.05) is 48.5 Å². The molecule has 5 heteroatoms. The fraction of sp³-hybridized carbons (Fsp3) is 0.391. The van der Waals surface area contributed by atoms with Gasteiger partial charge in [-0.3, -0.25) is 0 Å². The monoisotopic (exact) mass is 398 g/mol. The third-order valence-corrected chi connectivity index (χ3v) is 6.80. The maximum atomic E-state index is 13.1. The van der Waals surface area contributed by atoms with Crippen molar-refractivity contribution in [1.29, 1.82) is 0 Å². The lowest BCUT2D eigenvalue weighted by molar-refractivity contribution is 0.186. The van der Waals surface area contributed by atoms with Gasteiger partial charge in [-0.05, 0) is 56.0 Å². The van der Waals surface area contributed by atoms with E-state index in [1.54, 1.807) is 10.4 Å². The topological polar surface area (TPSA) is 40.6 Å². The van der Waals surface area contributed by atoms with Crippen LogP contribution in [0.3, 0.4) is 0 Å². The van der Waals surface area contributed by atoms with Crippen molar-refractivity contribution < 1.29 is 8.42 Å². The predicted octanol–water partition coefficient (Wildman–Crippen LogP) is 3.87. The van der Waals surface area contributed by atoms with Gasteiger partial charge < -0.3 is 4.90 Å². The molecular weight excluding hydrogens is 368 g/mol. The van der Waals surface area contributed by atoms with E-state index < -0.39 is 10.0 Å². The molecule has 0 saturated carbocycles. The fourth-order valence-electron chi connectivity index (χ4n) is 3.75. The second-order valence-corrected chi connectivity index (χ2v) is 9.44. The van der Waals surface area contributed by atoms with Gasteiger partial charge in [0.1, 0.15) is 0 Å². The van der Waals surface area contributed by atoms with Crippen LogP contribution in [0.5, 0.6) is 0 Å². The third kappa shape index (κ3) is 6.30.